The van der Waals surface area contributed by atoms with Crippen molar-refractivity contribution in [2.24, 2.45) is 5.92 Å². The van der Waals surface area contributed by atoms with Gasteiger partial charge in [0.25, 0.3) is 0 Å². The van der Waals surface area contributed by atoms with Gasteiger partial charge >= 0.3 is 0 Å². The zero-order valence-corrected chi connectivity index (χ0v) is 5.09. The highest BCUT2D eigenvalue weighted by molar-refractivity contribution is 4.80. The third-order valence-corrected chi connectivity index (χ3v) is 1.40. The fourth-order valence-electron chi connectivity index (χ4n) is 0.729. The molecule has 0 aromatic heterocycles. The summed E-state index contributed by atoms with van der Waals surface area (Å²) in [4.78, 5) is 1.69. The summed E-state index contributed by atoms with van der Waals surface area (Å²) >= 11 is 0. The number of nitriles is 1. The van der Waals surface area contributed by atoms with Crippen molar-refractivity contribution in [3.8, 4) is 6.19 Å². The maximum atomic E-state index is 8.29. The first-order chi connectivity index (χ1) is 3.83. The molecule has 1 rings (SSSR count). The van der Waals surface area contributed by atoms with Gasteiger partial charge in [-0.15, -0.1) is 0 Å². The van der Waals surface area contributed by atoms with Crippen molar-refractivity contribution < 1.29 is 0 Å². The Morgan fingerprint density at radius 1 is 1.75 bits per heavy atom. The summed E-state index contributed by atoms with van der Waals surface area (Å²) < 4.78 is 0. The van der Waals surface area contributed by atoms with E-state index in [1.807, 2.05) is 7.05 Å². The van der Waals surface area contributed by atoms with Crippen molar-refractivity contribution in [2.75, 3.05) is 13.6 Å². The first-order valence-electron chi connectivity index (χ1n) is 2.94. The van der Waals surface area contributed by atoms with Gasteiger partial charge in [-0.3, -0.25) is 0 Å². The van der Waals surface area contributed by atoms with Gasteiger partial charge in [0, 0.05) is 13.6 Å². The number of rotatable bonds is 2. The topological polar surface area (TPSA) is 27.0 Å². The monoisotopic (exact) mass is 110 g/mol. The van der Waals surface area contributed by atoms with Gasteiger partial charge in [0.2, 0.25) is 0 Å². The molecule has 0 amide bonds. The van der Waals surface area contributed by atoms with Gasteiger partial charge in [0.15, 0.2) is 6.19 Å². The van der Waals surface area contributed by atoms with Crippen LogP contribution in [-0.4, -0.2) is 18.5 Å². The molecular formula is C6H10N2. The Morgan fingerprint density at radius 2 is 2.38 bits per heavy atom. The van der Waals surface area contributed by atoms with E-state index in [2.05, 4.69) is 6.19 Å². The Kier molecular flexibility index (Phi) is 1.38. The van der Waals surface area contributed by atoms with Crippen molar-refractivity contribution in [1.82, 2.24) is 4.90 Å². The molecule has 0 bridgehead atoms. The summed E-state index contributed by atoms with van der Waals surface area (Å²) in [6.45, 7) is 0.969. The molecule has 0 aromatic carbocycles. The van der Waals surface area contributed by atoms with Crippen LogP contribution in [0, 0.1) is 17.4 Å². The second kappa shape index (κ2) is 2.04. The second-order valence-electron chi connectivity index (χ2n) is 2.42. The summed E-state index contributed by atoms with van der Waals surface area (Å²) in [5.41, 5.74) is 0. The molecule has 1 saturated carbocycles. The van der Waals surface area contributed by atoms with E-state index >= 15 is 0 Å². The molecule has 0 atom stereocenters. The summed E-state index contributed by atoms with van der Waals surface area (Å²) in [5.74, 6) is 0.833. The van der Waals surface area contributed by atoms with E-state index in [0.29, 0.717) is 0 Å². The fraction of sp³-hybridized carbons (Fsp3) is 0.833. The molecule has 0 unspecified atom stereocenters. The zero-order chi connectivity index (χ0) is 5.98. The van der Waals surface area contributed by atoms with Crippen molar-refractivity contribution in [2.45, 2.75) is 12.8 Å². The van der Waals surface area contributed by atoms with Crippen LogP contribution in [0.3, 0.4) is 0 Å². The highest BCUT2D eigenvalue weighted by Gasteiger charge is 2.22. The normalized spacial score (nSPS) is 17.5. The smallest absolute Gasteiger partial charge is 0.179 e. The predicted molar refractivity (Wildman–Crippen MR) is 31.0 cm³/mol. The first-order valence-corrected chi connectivity index (χ1v) is 2.94. The lowest BCUT2D eigenvalue weighted by Crippen LogP contribution is -2.13. The molecule has 2 heteroatoms. The van der Waals surface area contributed by atoms with Crippen LogP contribution in [0.25, 0.3) is 0 Å². The average molecular weight is 110 g/mol. The SMILES string of the molecule is CN(C#N)CC1CC1. The van der Waals surface area contributed by atoms with Gasteiger partial charge in [0.05, 0.1) is 0 Å². The van der Waals surface area contributed by atoms with Crippen molar-refractivity contribution in [1.29, 1.82) is 5.26 Å². The van der Waals surface area contributed by atoms with E-state index in [-0.39, 0.29) is 0 Å². The summed E-state index contributed by atoms with van der Waals surface area (Å²) in [6.07, 6.45) is 4.72. The molecule has 2 nitrogen and oxygen atoms in total. The van der Waals surface area contributed by atoms with Gasteiger partial charge in [-0.05, 0) is 18.8 Å². The van der Waals surface area contributed by atoms with Crippen LogP contribution in [0.2, 0.25) is 0 Å². The van der Waals surface area contributed by atoms with Crippen LogP contribution in [-0.2, 0) is 0 Å². The van der Waals surface area contributed by atoms with Gasteiger partial charge in [-0.1, -0.05) is 0 Å². The Morgan fingerprint density at radius 3 is 2.75 bits per heavy atom. The number of hydrogen-bond acceptors (Lipinski definition) is 2. The van der Waals surface area contributed by atoms with Crippen molar-refractivity contribution >= 4 is 0 Å². The largest absolute Gasteiger partial charge is 0.313 e. The fourth-order valence-corrected chi connectivity index (χ4v) is 0.729. The molecular weight excluding hydrogens is 100 g/mol. The van der Waals surface area contributed by atoms with E-state index < -0.39 is 0 Å². The highest BCUT2D eigenvalue weighted by atomic mass is 15.1. The van der Waals surface area contributed by atoms with Crippen molar-refractivity contribution in [3.63, 3.8) is 0 Å². The standard InChI is InChI=1S/C6H10N2/c1-8(5-7)4-6-2-3-6/h6H,2-4H2,1H3. The van der Waals surface area contributed by atoms with Gasteiger partial charge in [-0.25, -0.2) is 0 Å². The Balaban J connectivity index is 2.09. The first kappa shape index (κ1) is 5.43. The third-order valence-electron chi connectivity index (χ3n) is 1.40. The lowest BCUT2D eigenvalue weighted by molar-refractivity contribution is 0.448. The lowest BCUT2D eigenvalue weighted by atomic mass is 10.4. The van der Waals surface area contributed by atoms with Crippen LogP contribution in [0.5, 0.6) is 0 Å². The van der Waals surface area contributed by atoms with Crippen LogP contribution in [0.15, 0.2) is 0 Å². The van der Waals surface area contributed by atoms with Crippen LogP contribution < -0.4 is 0 Å². The van der Waals surface area contributed by atoms with Crippen LogP contribution >= 0.6 is 0 Å². The predicted octanol–water partition coefficient (Wildman–Crippen LogP) is 0.809. The average Bonchev–Trinajstić information content (AvgIpc) is 2.50. The maximum Gasteiger partial charge on any atom is 0.179 e. The van der Waals surface area contributed by atoms with Gasteiger partial charge < -0.3 is 4.90 Å². The summed E-state index contributed by atoms with van der Waals surface area (Å²) in [6, 6.07) is 0. The quantitative estimate of drug-likeness (QED) is 0.388. The molecule has 0 spiro atoms. The zero-order valence-electron chi connectivity index (χ0n) is 5.09. The molecule has 1 aliphatic rings. The molecule has 0 heterocycles. The van der Waals surface area contributed by atoms with E-state index in [1.54, 1.807) is 4.90 Å². The Hall–Kier alpha value is -0.710. The van der Waals surface area contributed by atoms with E-state index in [9.17, 15) is 0 Å². The number of nitrogens with zero attached hydrogens (tertiary/aromatic N) is 2. The van der Waals surface area contributed by atoms with E-state index in [4.69, 9.17) is 5.26 Å². The minimum atomic E-state index is 0.833. The molecule has 0 aromatic rings. The Labute approximate surface area is 49.7 Å². The van der Waals surface area contributed by atoms with Crippen molar-refractivity contribution in [3.05, 3.63) is 0 Å². The summed E-state index contributed by atoms with van der Waals surface area (Å²) in [5, 5.41) is 8.29. The highest BCUT2D eigenvalue weighted by Crippen LogP contribution is 2.28. The Bertz CT molecular complexity index is 110. The minimum absolute atomic E-state index is 0.833. The molecule has 8 heavy (non-hydrogen) atoms. The number of hydrogen-bond donors (Lipinski definition) is 0. The summed E-state index contributed by atoms with van der Waals surface area (Å²) in [7, 11) is 1.83. The third kappa shape index (κ3) is 1.42. The maximum absolute atomic E-state index is 8.29. The molecule has 1 aliphatic carbocycles. The molecule has 0 N–H and O–H groups in total. The molecule has 0 radical (unpaired) electrons. The van der Waals surface area contributed by atoms with E-state index in [0.717, 1.165) is 12.5 Å². The molecule has 44 valence electrons. The van der Waals surface area contributed by atoms with Gasteiger partial charge in [-0.2, -0.15) is 5.26 Å². The van der Waals surface area contributed by atoms with Gasteiger partial charge in [0.1, 0.15) is 0 Å². The molecule has 1 fully saturated rings. The lowest BCUT2D eigenvalue weighted by Gasteiger charge is -2.04. The minimum Gasteiger partial charge on any atom is -0.313 e. The van der Waals surface area contributed by atoms with E-state index in [1.165, 1.54) is 12.8 Å². The van der Waals surface area contributed by atoms with Crippen LogP contribution in [0.1, 0.15) is 12.8 Å². The molecule has 0 aliphatic heterocycles. The second-order valence-corrected chi connectivity index (χ2v) is 2.42. The molecule has 0 saturated heterocycles. The van der Waals surface area contributed by atoms with Crippen LogP contribution in [0.4, 0.5) is 0 Å².